The SMILES string of the molecule is CCOC(=O)c1csc(-c2ccc(Br)cc2C(F)(F)F)n1. The van der Waals surface area contributed by atoms with Crippen LogP contribution in [0.5, 0.6) is 0 Å². The summed E-state index contributed by atoms with van der Waals surface area (Å²) in [4.78, 5) is 15.4. The van der Waals surface area contributed by atoms with E-state index in [2.05, 4.69) is 20.9 Å². The fourth-order valence-corrected chi connectivity index (χ4v) is 2.82. The number of rotatable bonds is 3. The third kappa shape index (κ3) is 3.62. The number of ether oxygens (including phenoxy) is 1. The molecular weight excluding hydrogens is 371 g/mol. The molecule has 1 aromatic carbocycles. The molecule has 3 nitrogen and oxygen atoms in total. The Kier molecular flexibility index (Phi) is 4.67. The van der Waals surface area contributed by atoms with E-state index in [0.717, 1.165) is 17.4 Å². The lowest BCUT2D eigenvalue weighted by atomic mass is 10.1. The lowest BCUT2D eigenvalue weighted by molar-refractivity contribution is -0.137. The van der Waals surface area contributed by atoms with E-state index in [1.165, 1.54) is 17.5 Å². The smallest absolute Gasteiger partial charge is 0.417 e. The number of benzene rings is 1. The Morgan fingerprint density at radius 2 is 2.14 bits per heavy atom. The van der Waals surface area contributed by atoms with Gasteiger partial charge >= 0.3 is 12.1 Å². The first-order valence-electron chi connectivity index (χ1n) is 5.82. The van der Waals surface area contributed by atoms with E-state index in [-0.39, 0.29) is 22.9 Å². The average molecular weight is 380 g/mol. The first-order chi connectivity index (χ1) is 9.82. The molecule has 0 saturated carbocycles. The van der Waals surface area contributed by atoms with Gasteiger partial charge in [-0.1, -0.05) is 22.0 Å². The minimum atomic E-state index is -4.51. The molecule has 0 aliphatic rings. The summed E-state index contributed by atoms with van der Waals surface area (Å²) in [6, 6.07) is 3.80. The summed E-state index contributed by atoms with van der Waals surface area (Å²) < 4.78 is 44.3. The zero-order valence-corrected chi connectivity index (χ0v) is 13.1. The number of halogens is 4. The van der Waals surface area contributed by atoms with E-state index < -0.39 is 17.7 Å². The molecule has 0 N–H and O–H groups in total. The second kappa shape index (κ2) is 6.15. The molecule has 0 atom stereocenters. The third-order valence-electron chi connectivity index (χ3n) is 2.51. The lowest BCUT2D eigenvalue weighted by Gasteiger charge is -2.11. The van der Waals surface area contributed by atoms with Crippen LogP contribution < -0.4 is 0 Å². The Labute approximate surface area is 130 Å². The monoisotopic (exact) mass is 379 g/mol. The maximum absolute atomic E-state index is 13.1. The fraction of sp³-hybridized carbons (Fsp3) is 0.231. The van der Waals surface area contributed by atoms with Crippen molar-refractivity contribution in [2.24, 2.45) is 0 Å². The molecule has 2 rings (SSSR count). The van der Waals surface area contributed by atoms with Crippen molar-refractivity contribution in [1.82, 2.24) is 4.98 Å². The van der Waals surface area contributed by atoms with Gasteiger partial charge in [-0.3, -0.25) is 0 Å². The highest BCUT2D eigenvalue weighted by Crippen LogP contribution is 2.39. The summed E-state index contributed by atoms with van der Waals surface area (Å²) in [7, 11) is 0. The van der Waals surface area contributed by atoms with Crippen LogP contribution in [0.3, 0.4) is 0 Å². The number of hydrogen-bond donors (Lipinski definition) is 0. The second-order valence-corrected chi connectivity index (χ2v) is 5.72. The highest BCUT2D eigenvalue weighted by molar-refractivity contribution is 9.10. The van der Waals surface area contributed by atoms with Gasteiger partial charge in [0.2, 0.25) is 0 Å². The van der Waals surface area contributed by atoms with Crippen molar-refractivity contribution in [2.75, 3.05) is 6.61 Å². The van der Waals surface area contributed by atoms with Crippen molar-refractivity contribution < 1.29 is 22.7 Å². The summed E-state index contributed by atoms with van der Waals surface area (Å²) in [5.41, 5.74) is -0.860. The van der Waals surface area contributed by atoms with Crippen LogP contribution in [0, 0.1) is 0 Å². The second-order valence-electron chi connectivity index (χ2n) is 3.95. The molecule has 21 heavy (non-hydrogen) atoms. The van der Waals surface area contributed by atoms with E-state index >= 15 is 0 Å². The molecule has 1 aromatic heterocycles. The van der Waals surface area contributed by atoms with Gasteiger partial charge in [0, 0.05) is 15.4 Å². The summed E-state index contributed by atoms with van der Waals surface area (Å²) in [5, 5.41) is 1.51. The Balaban J connectivity index is 2.46. The van der Waals surface area contributed by atoms with Crippen LogP contribution in [-0.4, -0.2) is 17.6 Å². The van der Waals surface area contributed by atoms with E-state index in [0.29, 0.717) is 4.47 Å². The Hall–Kier alpha value is -1.41. The summed E-state index contributed by atoms with van der Waals surface area (Å²) in [6.07, 6.45) is -4.51. The van der Waals surface area contributed by atoms with Gasteiger partial charge in [-0.2, -0.15) is 13.2 Å². The number of carbonyl (C=O) groups excluding carboxylic acids is 1. The fourth-order valence-electron chi connectivity index (χ4n) is 1.63. The quantitative estimate of drug-likeness (QED) is 0.721. The molecule has 0 aliphatic carbocycles. The number of hydrogen-bond acceptors (Lipinski definition) is 4. The lowest BCUT2D eigenvalue weighted by Crippen LogP contribution is -2.08. The van der Waals surface area contributed by atoms with Crippen molar-refractivity contribution in [2.45, 2.75) is 13.1 Å². The third-order valence-corrected chi connectivity index (χ3v) is 3.88. The first kappa shape index (κ1) is 16.0. The van der Waals surface area contributed by atoms with Gasteiger partial charge in [0.25, 0.3) is 0 Å². The van der Waals surface area contributed by atoms with Crippen molar-refractivity contribution in [3.63, 3.8) is 0 Å². The molecule has 0 bridgehead atoms. The number of carbonyl (C=O) groups is 1. The molecule has 0 aliphatic heterocycles. The normalized spacial score (nSPS) is 11.5. The van der Waals surface area contributed by atoms with Crippen molar-refractivity contribution >= 4 is 33.2 Å². The molecule has 0 amide bonds. The largest absolute Gasteiger partial charge is 0.461 e. The predicted molar refractivity (Wildman–Crippen MR) is 76.2 cm³/mol. The summed E-state index contributed by atoms with van der Waals surface area (Å²) >= 11 is 3.98. The van der Waals surface area contributed by atoms with Gasteiger partial charge < -0.3 is 4.74 Å². The van der Waals surface area contributed by atoms with Crippen LogP contribution in [0.15, 0.2) is 28.1 Å². The molecule has 0 unspecified atom stereocenters. The van der Waals surface area contributed by atoms with Gasteiger partial charge in [0.1, 0.15) is 5.01 Å². The van der Waals surface area contributed by atoms with E-state index in [1.807, 2.05) is 0 Å². The number of thiazole rings is 1. The highest BCUT2D eigenvalue weighted by Gasteiger charge is 2.34. The van der Waals surface area contributed by atoms with Crippen LogP contribution in [0.1, 0.15) is 23.0 Å². The number of aromatic nitrogens is 1. The molecule has 0 saturated heterocycles. The van der Waals surface area contributed by atoms with Crippen LogP contribution in [0.2, 0.25) is 0 Å². The van der Waals surface area contributed by atoms with Crippen LogP contribution in [-0.2, 0) is 10.9 Å². The predicted octanol–water partition coefficient (Wildman–Crippen LogP) is 4.77. The van der Waals surface area contributed by atoms with Gasteiger partial charge in [-0.05, 0) is 19.1 Å². The molecule has 2 aromatic rings. The topological polar surface area (TPSA) is 39.2 Å². The minimum Gasteiger partial charge on any atom is -0.461 e. The van der Waals surface area contributed by atoms with Gasteiger partial charge in [0.15, 0.2) is 5.69 Å². The number of alkyl halides is 3. The van der Waals surface area contributed by atoms with E-state index in [4.69, 9.17) is 4.74 Å². The standard InChI is InChI=1S/C13H9BrF3NO2S/c1-2-20-12(19)10-6-21-11(18-10)8-4-3-7(14)5-9(8)13(15,16)17/h3-6H,2H2,1H3. The van der Waals surface area contributed by atoms with E-state index in [9.17, 15) is 18.0 Å². The zero-order chi connectivity index (χ0) is 15.6. The van der Waals surface area contributed by atoms with Crippen molar-refractivity contribution in [3.05, 3.63) is 39.3 Å². The molecule has 0 spiro atoms. The number of esters is 1. The molecule has 112 valence electrons. The number of nitrogens with zero attached hydrogens (tertiary/aromatic N) is 1. The zero-order valence-electron chi connectivity index (χ0n) is 10.7. The maximum Gasteiger partial charge on any atom is 0.417 e. The van der Waals surface area contributed by atoms with Crippen molar-refractivity contribution in [1.29, 1.82) is 0 Å². The Morgan fingerprint density at radius 3 is 2.76 bits per heavy atom. The van der Waals surface area contributed by atoms with Crippen LogP contribution in [0.25, 0.3) is 10.6 Å². The molecule has 8 heteroatoms. The maximum atomic E-state index is 13.1. The van der Waals surface area contributed by atoms with Crippen molar-refractivity contribution in [3.8, 4) is 10.6 Å². The molecule has 0 fully saturated rings. The van der Waals surface area contributed by atoms with E-state index in [1.54, 1.807) is 6.92 Å². The molecule has 1 heterocycles. The van der Waals surface area contributed by atoms with Gasteiger partial charge in [-0.15, -0.1) is 11.3 Å². The summed E-state index contributed by atoms with van der Waals surface area (Å²) in [5.74, 6) is -0.648. The highest BCUT2D eigenvalue weighted by atomic mass is 79.9. The van der Waals surface area contributed by atoms with Crippen LogP contribution >= 0.6 is 27.3 Å². The Bertz CT molecular complexity index is 670. The van der Waals surface area contributed by atoms with Gasteiger partial charge in [0.05, 0.1) is 12.2 Å². The molecule has 0 radical (unpaired) electrons. The first-order valence-corrected chi connectivity index (χ1v) is 7.50. The van der Waals surface area contributed by atoms with Crippen LogP contribution in [0.4, 0.5) is 13.2 Å². The average Bonchev–Trinajstić information content (AvgIpc) is 2.87. The Morgan fingerprint density at radius 1 is 1.43 bits per heavy atom. The summed E-state index contributed by atoms with van der Waals surface area (Å²) in [6.45, 7) is 1.82. The molecular formula is C13H9BrF3NO2S. The minimum absolute atomic E-state index is 0.00731. The van der Waals surface area contributed by atoms with Gasteiger partial charge in [-0.25, -0.2) is 9.78 Å².